The molecule has 3 heterocycles. The average molecular weight is 537 g/mol. The van der Waals surface area contributed by atoms with Gasteiger partial charge >= 0.3 is 12.4 Å². The van der Waals surface area contributed by atoms with Gasteiger partial charge in [0.05, 0.1) is 17.9 Å². The van der Waals surface area contributed by atoms with Crippen molar-refractivity contribution in [1.82, 2.24) is 20.2 Å². The van der Waals surface area contributed by atoms with Gasteiger partial charge in [-0.3, -0.25) is 4.79 Å². The summed E-state index contributed by atoms with van der Waals surface area (Å²) in [7, 11) is 1.81. The summed E-state index contributed by atoms with van der Waals surface area (Å²) in [5.41, 5.74) is 1.76. The molecule has 4 rings (SSSR count). The quantitative estimate of drug-likeness (QED) is 0.493. The number of phenols is 1. The molecule has 0 aliphatic carbocycles. The van der Waals surface area contributed by atoms with Crippen molar-refractivity contribution in [1.29, 1.82) is 0 Å². The van der Waals surface area contributed by atoms with E-state index in [4.69, 9.17) is 9.72 Å². The van der Waals surface area contributed by atoms with Gasteiger partial charge in [0.25, 0.3) is 0 Å². The number of fused-ring (bicyclic) bond motifs is 1. The van der Waals surface area contributed by atoms with Crippen LogP contribution in [0.2, 0.25) is 0 Å². The minimum Gasteiger partial charge on any atom is -0.506 e. The van der Waals surface area contributed by atoms with Crippen LogP contribution < -0.4 is 24.6 Å². The summed E-state index contributed by atoms with van der Waals surface area (Å²) in [5.74, 6) is 0.00700. The second kappa shape index (κ2) is 11.3. The highest BCUT2D eigenvalue weighted by Crippen LogP contribution is 2.37. The summed E-state index contributed by atoms with van der Waals surface area (Å²) < 4.78 is 48.3. The molecule has 0 spiro atoms. The number of hydrogen-bond donors (Lipinski definition) is 2. The number of alkyl halides is 3. The lowest BCUT2D eigenvalue weighted by Crippen LogP contribution is -2.49. The number of nitrogens with one attached hydrogen (secondary N) is 1. The Labute approximate surface area is 218 Å². The Morgan fingerprint density at radius 1 is 1.21 bits per heavy atom. The van der Waals surface area contributed by atoms with Crippen LogP contribution in [0.3, 0.4) is 0 Å². The molecule has 1 aromatic carbocycles. The summed E-state index contributed by atoms with van der Waals surface area (Å²) in [6.45, 7) is 8.81. The van der Waals surface area contributed by atoms with E-state index in [1.807, 2.05) is 14.0 Å². The van der Waals surface area contributed by atoms with E-state index in [2.05, 4.69) is 26.5 Å². The Morgan fingerprint density at radius 3 is 2.61 bits per heavy atom. The number of ether oxygens (including phenoxy) is 2. The van der Waals surface area contributed by atoms with Crippen molar-refractivity contribution in [3.05, 3.63) is 42.1 Å². The molecule has 2 aromatic rings. The number of nitrogens with zero attached hydrogens (tertiary/aromatic N) is 5. The Morgan fingerprint density at radius 2 is 1.95 bits per heavy atom. The average Bonchev–Trinajstić information content (AvgIpc) is 2.88. The molecule has 1 aromatic heterocycles. The van der Waals surface area contributed by atoms with E-state index in [-0.39, 0.29) is 36.0 Å². The molecule has 2 aliphatic heterocycles. The fourth-order valence-corrected chi connectivity index (χ4v) is 4.64. The van der Waals surface area contributed by atoms with Gasteiger partial charge in [0, 0.05) is 50.9 Å². The van der Waals surface area contributed by atoms with Crippen molar-refractivity contribution in [3.63, 3.8) is 0 Å². The highest BCUT2D eigenvalue weighted by atomic mass is 19.4. The normalized spacial score (nSPS) is 16.6. The van der Waals surface area contributed by atoms with E-state index in [1.54, 1.807) is 9.80 Å². The molecule has 0 bridgehead atoms. The van der Waals surface area contributed by atoms with E-state index in [0.717, 1.165) is 17.7 Å². The largest absolute Gasteiger partial charge is 0.573 e. The predicted octanol–water partition coefficient (Wildman–Crippen LogP) is 2.46. The number of phenolic OH excluding ortho intramolecular Hbond substituents is 1. The van der Waals surface area contributed by atoms with E-state index >= 15 is 0 Å². The third-order valence-corrected chi connectivity index (χ3v) is 6.41. The van der Waals surface area contributed by atoms with Crippen molar-refractivity contribution in [2.75, 3.05) is 56.1 Å². The molecule has 2 aliphatic rings. The number of halogens is 3. The number of anilines is 2. The maximum absolute atomic E-state index is 12.8. The van der Waals surface area contributed by atoms with Crippen molar-refractivity contribution in [2.24, 2.45) is 0 Å². The zero-order valence-corrected chi connectivity index (χ0v) is 21.3. The summed E-state index contributed by atoms with van der Waals surface area (Å²) in [6, 6.07) is 3.59. The van der Waals surface area contributed by atoms with Gasteiger partial charge in [0.15, 0.2) is 0 Å². The topological polar surface area (TPSA) is 103 Å². The SMILES string of the molecule is C=CC(=O)N1CCN(c2nc(O[C@H](C)CNC)nc3c2CCN(c2cc(OC(F)(F)F)ccc2O)C3)CC1. The minimum atomic E-state index is -4.85. The van der Waals surface area contributed by atoms with Gasteiger partial charge in [-0.15, -0.1) is 13.2 Å². The fraction of sp³-hybridized carbons (Fsp3) is 0.480. The number of carbonyl (C=O) groups excluding carboxylic acids is 1. The zero-order chi connectivity index (χ0) is 27.4. The van der Waals surface area contributed by atoms with Crippen molar-refractivity contribution < 1.29 is 32.5 Å². The van der Waals surface area contributed by atoms with Crippen LogP contribution in [-0.2, 0) is 17.8 Å². The molecule has 1 atom stereocenters. The van der Waals surface area contributed by atoms with Crippen LogP contribution in [0.1, 0.15) is 18.2 Å². The Balaban J connectivity index is 1.63. The number of carbonyl (C=O) groups is 1. The van der Waals surface area contributed by atoms with Crippen molar-refractivity contribution >= 4 is 17.4 Å². The molecule has 1 amide bonds. The fourth-order valence-electron chi connectivity index (χ4n) is 4.64. The molecule has 0 unspecified atom stereocenters. The lowest BCUT2D eigenvalue weighted by molar-refractivity contribution is -0.274. The third-order valence-electron chi connectivity index (χ3n) is 6.41. The monoisotopic (exact) mass is 536 g/mol. The molecule has 0 saturated carbocycles. The Kier molecular flexibility index (Phi) is 8.14. The summed E-state index contributed by atoms with van der Waals surface area (Å²) in [6.07, 6.45) is -3.27. The number of aromatic nitrogens is 2. The second-order valence-electron chi connectivity index (χ2n) is 9.13. The first-order valence-electron chi connectivity index (χ1n) is 12.3. The van der Waals surface area contributed by atoms with Crippen molar-refractivity contribution in [2.45, 2.75) is 32.4 Å². The molecule has 10 nitrogen and oxygen atoms in total. The van der Waals surface area contributed by atoms with Crippen LogP contribution in [-0.4, -0.2) is 84.7 Å². The maximum Gasteiger partial charge on any atom is 0.573 e. The van der Waals surface area contributed by atoms with Gasteiger partial charge < -0.3 is 34.6 Å². The molecule has 0 radical (unpaired) electrons. The summed E-state index contributed by atoms with van der Waals surface area (Å²) >= 11 is 0. The molecule has 2 N–H and O–H groups in total. The third kappa shape index (κ3) is 6.39. The first-order chi connectivity index (χ1) is 18.1. The summed E-state index contributed by atoms with van der Waals surface area (Å²) in [5, 5.41) is 13.5. The van der Waals surface area contributed by atoms with Crippen LogP contribution in [0.4, 0.5) is 24.7 Å². The molecule has 13 heteroatoms. The van der Waals surface area contributed by atoms with Crippen LogP contribution in [0.5, 0.6) is 17.5 Å². The zero-order valence-electron chi connectivity index (χ0n) is 21.3. The van der Waals surface area contributed by atoms with Gasteiger partial charge in [-0.05, 0) is 38.6 Å². The number of aromatic hydroxyl groups is 1. The Hall–Kier alpha value is -3.74. The molecule has 38 heavy (non-hydrogen) atoms. The van der Waals surface area contributed by atoms with Gasteiger partial charge in [-0.1, -0.05) is 6.58 Å². The molecular weight excluding hydrogens is 505 g/mol. The first kappa shape index (κ1) is 27.3. The number of benzene rings is 1. The summed E-state index contributed by atoms with van der Waals surface area (Å²) in [4.78, 5) is 26.9. The van der Waals surface area contributed by atoms with Gasteiger partial charge in [-0.2, -0.15) is 9.97 Å². The van der Waals surface area contributed by atoms with E-state index in [9.17, 15) is 23.1 Å². The van der Waals surface area contributed by atoms with Gasteiger partial charge in [0.1, 0.15) is 23.4 Å². The number of piperazine rings is 1. The number of likely N-dealkylation sites (N-methyl/N-ethyl adjacent to an activating group) is 1. The highest BCUT2D eigenvalue weighted by molar-refractivity contribution is 5.87. The maximum atomic E-state index is 12.8. The highest BCUT2D eigenvalue weighted by Gasteiger charge is 2.33. The van der Waals surface area contributed by atoms with E-state index < -0.39 is 12.1 Å². The number of hydrogen-bond acceptors (Lipinski definition) is 9. The van der Waals surface area contributed by atoms with Crippen LogP contribution in [0, 0.1) is 0 Å². The minimum absolute atomic E-state index is 0.119. The lowest BCUT2D eigenvalue weighted by atomic mass is 10.0. The molecular formula is C25H31F3N6O4. The van der Waals surface area contributed by atoms with Gasteiger partial charge in [-0.25, -0.2) is 0 Å². The Bertz CT molecular complexity index is 1170. The smallest absolute Gasteiger partial charge is 0.506 e. The molecule has 1 saturated heterocycles. The number of rotatable bonds is 8. The first-order valence-corrected chi connectivity index (χ1v) is 12.3. The lowest BCUT2D eigenvalue weighted by Gasteiger charge is -2.38. The van der Waals surface area contributed by atoms with Crippen molar-refractivity contribution in [3.8, 4) is 17.5 Å². The van der Waals surface area contributed by atoms with E-state index in [1.165, 1.54) is 12.1 Å². The second-order valence-corrected chi connectivity index (χ2v) is 9.13. The molecule has 206 valence electrons. The van der Waals surface area contributed by atoms with Gasteiger partial charge in [0.2, 0.25) is 5.91 Å². The van der Waals surface area contributed by atoms with Crippen LogP contribution >= 0.6 is 0 Å². The molecule has 1 fully saturated rings. The predicted molar refractivity (Wildman–Crippen MR) is 135 cm³/mol. The van der Waals surface area contributed by atoms with Crippen LogP contribution in [0.25, 0.3) is 0 Å². The van der Waals surface area contributed by atoms with Crippen LogP contribution in [0.15, 0.2) is 30.9 Å². The van der Waals surface area contributed by atoms with E-state index in [0.29, 0.717) is 57.2 Å². The number of amides is 1. The standard InChI is InChI=1S/C25H31F3N6O4/c1-4-22(36)32-9-11-33(12-10-32)23-18-7-8-34(15-19(18)30-24(31-23)37-16(2)14-29-3)20-13-17(5-6-21(20)35)38-25(26,27)28/h4-6,13,16,29,35H,1,7-12,14-15H2,2-3H3/t16-/m1/s1.